The van der Waals surface area contributed by atoms with Crippen LogP contribution in [0.5, 0.6) is 0 Å². The third-order valence-corrected chi connectivity index (χ3v) is 5.07. The van der Waals surface area contributed by atoms with Gasteiger partial charge in [0.2, 0.25) is 0 Å². The van der Waals surface area contributed by atoms with Crippen molar-refractivity contribution in [3.63, 3.8) is 0 Å². The van der Waals surface area contributed by atoms with Gasteiger partial charge in [-0.15, -0.1) is 0 Å². The molecule has 3 rings (SSSR count). The van der Waals surface area contributed by atoms with Gasteiger partial charge < -0.3 is 20.9 Å². The molecule has 0 radical (unpaired) electrons. The number of rotatable bonds is 3. The Kier molecular flexibility index (Phi) is 9.26. The number of benzene rings is 1. The van der Waals surface area contributed by atoms with E-state index >= 15 is 0 Å². The minimum atomic E-state index is -5.08. The van der Waals surface area contributed by atoms with Crippen molar-refractivity contribution in [1.82, 2.24) is 14.9 Å². The van der Waals surface area contributed by atoms with Crippen LogP contribution in [-0.2, 0) is 15.0 Å². The maximum absolute atomic E-state index is 11.5. The van der Waals surface area contributed by atoms with Crippen molar-refractivity contribution in [3.05, 3.63) is 29.6 Å². The van der Waals surface area contributed by atoms with Crippen LogP contribution in [0.2, 0.25) is 0 Å². The molecule has 1 aromatic heterocycles. The number of hydrogen-bond donors (Lipinski definition) is 4. The largest absolute Gasteiger partial charge is 0.490 e. The van der Waals surface area contributed by atoms with E-state index in [0.29, 0.717) is 17.1 Å². The van der Waals surface area contributed by atoms with Gasteiger partial charge in [-0.2, -0.15) is 26.3 Å². The second kappa shape index (κ2) is 10.9. The molecule has 9 nitrogen and oxygen atoms in total. The molecule has 1 aliphatic heterocycles. The molecule has 35 heavy (non-hydrogen) atoms. The Balaban J connectivity index is 0.000000362. The number of aromatic nitrogens is 2. The first-order valence-electron chi connectivity index (χ1n) is 9.93. The van der Waals surface area contributed by atoms with Crippen molar-refractivity contribution in [3.8, 4) is 0 Å². The molecular formula is C20H24F6N4O5. The van der Waals surface area contributed by atoms with Crippen LogP contribution in [-0.4, -0.2) is 74.4 Å². The Hall–Kier alpha value is -3.36. The summed E-state index contributed by atoms with van der Waals surface area (Å²) in [6, 6.07) is 6.04. The molecule has 196 valence electrons. The highest BCUT2D eigenvalue weighted by molar-refractivity contribution is 6.04. The van der Waals surface area contributed by atoms with Crippen molar-refractivity contribution >= 4 is 28.9 Å². The molecule has 2 aromatic rings. The predicted molar refractivity (Wildman–Crippen MR) is 111 cm³/mol. The Morgan fingerprint density at radius 2 is 1.57 bits per heavy atom. The molecule has 0 saturated carbocycles. The quantitative estimate of drug-likeness (QED) is 0.459. The van der Waals surface area contributed by atoms with Crippen LogP contribution in [0.15, 0.2) is 18.2 Å². The fourth-order valence-corrected chi connectivity index (χ4v) is 3.15. The summed E-state index contributed by atoms with van der Waals surface area (Å²) in [6.45, 7) is 8.73. The molecule has 1 atom stereocenters. The van der Waals surface area contributed by atoms with Gasteiger partial charge in [0.25, 0.3) is 5.91 Å². The highest BCUT2D eigenvalue weighted by atomic mass is 19.4. The standard InChI is InChI=1S/C16H22N4O.2C2HF3O2/c1-10(2)20-8-7-16(3,9-20)15-18-12-6-4-5-11(14(17)21)13(12)19-15;2*3-2(4,5)1(6)7/h4-6,10H,7-9H2,1-3H3,(H2,17,21)(H,18,19);2*(H,6,7). The molecule has 15 heteroatoms. The van der Waals surface area contributed by atoms with Crippen LogP contribution < -0.4 is 5.73 Å². The Labute approximate surface area is 194 Å². The molecular weight excluding hydrogens is 490 g/mol. The number of carboxylic acid groups (broad SMARTS) is 2. The second-order valence-corrected chi connectivity index (χ2v) is 8.13. The fourth-order valence-electron chi connectivity index (χ4n) is 3.15. The van der Waals surface area contributed by atoms with Gasteiger partial charge in [0.05, 0.1) is 11.1 Å². The number of aromatic amines is 1. The van der Waals surface area contributed by atoms with Gasteiger partial charge in [0.15, 0.2) is 0 Å². The molecule has 1 unspecified atom stereocenters. The molecule has 0 spiro atoms. The van der Waals surface area contributed by atoms with Gasteiger partial charge in [0, 0.05) is 18.0 Å². The summed E-state index contributed by atoms with van der Waals surface area (Å²) in [6.07, 6.45) is -9.10. The van der Waals surface area contributed by atoms with E-state index in [9.17, 15) is 31.1 Å². The number of carbonyl (C=O) groups excluding carboxylic acids is 1. The SMILES string of the molecule is CC(C)N1CCC(C)(c2nc3c(C(N)=O)cccc3[nH]2)C1.O=C(O)C(F)(F)F.O=C(O)C(F)(F)F. The zero-order valence-corrected chi connectivity index (χ0v) is 18.8. The number of halogens is 6. The number of likely N-dealkylation sites (tertiary alicyclic amines) is 1. The summed E-state index contributed by atoms with van der Waals surface area (Å²) >= 11 is 0. The molecule has 0 aliphatic carbocycles. The van der Waals surface area contributed by atoms with Gasteiger partial charge in [-0.25, -0.2) is 14.6 Å². The van der Waals surface area contributed by atoms with Crippen molar-refractivity contribution in [2.45, 2.75) is 51.0 Å². The van der Waals surface area contributed by atoms with E-state index in [0.717, 1.165) is 30.9 Å². The number of primary amides is 1. The minimum absolute atomic E-state index is 0.00178. The van der Waals surface area contributed by atoms with Gasteiger partial charge in [0.1, 0.15) is 11.3 Å². The van der Waals surface area contributed by atoms with Crippen LogP contribution >= 0.6 is 0 Å². The van der Waals surface area contributed by atoms with E-state index in [-0.39, 0.29) is 5.41 Å². The number of carboxylic acids is 2. The Morgan fingerprint density at radius 3 is 1.94 bits per heavy atom. The summed E-state index contributed by atoms with van der Waals surface area (Å²) in [7, 11) is 0. The van der Waals surface area contributed by atoms with Crippen molar-refractivity contribution in [2.75, 3.05) is 13.1 Å². The van der Waals surface area contributed by atoms with E-state index < -0.39 is 30.2 Å². The second-order valence-electron chi connectivity index (χ2n) is 8.13. The molecule has 0 bridgehead atoms. The average molecular weight is 514 g/mol. The first-order valence-corrected chi connectivity index (χ1v) is 9.93. The third-order valence-electron chi connectivity index (χ3n) is 5.07. The zero-order valence-electron chi connectivity index (χ0n) is 18.8. The van der Waals surface area contributed by atoms with Gasteiger partial charge in [-0.3, -0.25) is 9.69 Å². The van der Waals surface area contributed by atoms with E-state index in [1.54, 1.807) is 6.07 Å². The first-order chi connectivity index (χ1) is 15.8. The molecule has 1 saturated heterocycles. The predicted octanol–water partition coefficient (Wildman–Crippen LogP) is 3.30. The zero-order chi connectivity index (χ0) is 27.4. The smallest absolute Gasteiger partial charge is 0.475 e. The maximum atomic E-state index is 11.5. The van der Waals surface area contributed by atoms with E-state index in [1.165, 1.54) is 0 Å². The topological polar surface area (TPSA) is 150 Å². The van der Waals surface area contributed by atoms with Gasteiger partial charge in [-0.1, -0.05) is 13.0 Å². The number of nitrogens with zero attached hydrogens (tertiary/aromatic N) is 2. The number of alkyl halides is 6. The number of hydrogen-bond acceptors (Lipinski definition) is 5. The number of nitrogens with two attached hydrogens (primary N) is 1. The van der Waals surface area contributed by atoms with Gasteiger partial charge in [-0.05, 0) is 38.9 Å². The van der Waals surface area contributed by atoms with Crippen LogP contribution in [0.1, 0.15) is 43.4 Å². The summed E-state index contributed by atoms with van der Waals surface area (Å²) in [5.41, 5.74) is 7.48. The highest BCUT2D eigenvalue weighted by Gasteiger charge is 2.40. The number of amides is 1. The van der Waals surface area contributed by atoms with Crippen LogP contribution in [0.4, 0.5) is 26.3 Å². The molecule has 5 N–H and O–H groups in total. The van der Waals surface area contributed by atoms with Crippen molar-refractivity contribution in [2.24, 2.45) is 5.73 Å². The van der Waals surface area contributed by atoms with Crippen molar-refractivity contribution in [1.29, 1.82) is 0 Å². The van der Waals surface area contributed by atoms with E-state index in [4.69, 9.17) is 30.5 Å². The summed E-state index contributed by atoms with van der Waals surface area (Å²) < 4.78 is 63.5. The first kappa shape index (κ1) is 29.7. The lowest BCUT2D eigenvalue weighted by molar-refractivity contribution is -0.193. The number of carbonyl (C=O) groups is 3. The highest BCUT2D eigenvalue weighted by Crippen LogP contribution is 2.34. The van der Waals surface area contributed by atoms with Crippen LogP contribution in [0, 0.1) is 0 Å². The van der Waals surface area contributed by atoms with Crippen LogP contribution in [0.25, 0.3) is 11.0 Å². The molecule has 1 fully saturated rings. The monoisotopic (exact) mass is 514 g/mol. The summed E-state index contributed by atoms with van der Waals surface area (Å²) in [4.78, 5) is 39.9. The molecule has 1 aliphatic rings. The number of para-hydroxylation sites is 1. The average Bonchev–Trinajstić information content (AvgIpc) is 3.32. The Morgan fingerprint density at radius 1 is 1.09 bits per heavy atom. The van der Waals surface area contributed by atoms with E-state index in [1.807, 2.05) is 12.1 Å². The number of aliphatic carboxylic acids is 2. The molecule has 2 heterocycles. The number of imidazole rings is 1. The van der Waals surface area contributed by atoms with Crippen LogP contribution in [0.3, 0.4) is 0 Å². The lowest BCUT2D eigenvalue weighted by Gasteiger charge is -2.24. The number of fused-ring (bicyclic) bond motifs is 1. The molecule has 1 amide bonds. The third kappa shape index (κ3) is 8.12. The maximum Gasteiger partial charge on any atom is 0.490 e. The summed E-state index contributed by atoms with van der Waals surface area (Å²) in [5, 5.41) is 14.2. The molecule has 1 aromatic carbocycles. The number of H-pyrrole nitrogens is 1. The minimum Gasteiger partial charge on any atom is -0.475 e. The fraction of sp³-hybridized carbons (Fsp3) is 0.500. The van der Waals surface area contributed by atoms with Crippen molar-refractivity contribution < 1.29 is 50.9 Å². The summed E-state index contributed by atoms with van der Waals surface area (Å²) in [5.74, 6) is -4.99. The van der Waals surface area contributed by atoms with E-state index in [2.05, 4.69) is 30.7 Å². The lowest BCUT2D eigenvalue weighted by Crippen LogP contribution is -2.33. The Bertz CT molecular complexity index is 1040. The number of nitrogens with one attached hydrogen (secondary N) is 1. The lowest BCUT2D eigenvalue weighted by atomic mass is 9.89. The van der Waals surface area contributed by atoms with Gasteiger partial charge >= 0.3 is 24.3 Å². The normalized spacial score (nSPS) is 18.5.